The molecule has 2 unspecified atom stereocenters. The minimum atomic E-state index is 0.624. The number of nitrogens with zero attached hydrogens (tertiary/aromatic N) is 2. The van der Waals surface area contributed by atoms with E-state index >= 15 is 0 Å². The van der Waals surface area contributed by atoms with E-state index in [9.17, 15) is 0 Å². The van der Waals surface area contributed by atoms with E-state index in [1.165, 1.54) is 12.0 Å². The maximum atomic E-state index is 4.67. The quantitative estimate of drug-likeness (QED) is 0.440. The molecular formula is C18H30N4. The van der Waals surface area contributed by atoms with Gasteiger partial charge in [0.2, 0.25) is 0 Å². The lowest BCUT2D eigenvalue weighted by molar-refractivity contribution is 0.324. The highest BCUT2D eigenvalue weighted by Crippen LogP contribution is 2.28. The SMILES string of the molecule is CCNC(=NCCCN(C)Cc1ccccc1)NC1CC1C. The van der Waals surface area contributed by atoms with Gasteiger partial charge in [-0.25, -0.2) is 0 Å². The lowest BCUT2D eigenvalue weighted by Gasteiger charge is -2.16. The third-order valence-corrected chi connectivity index (χ3v) is 4.04. The van der Waals surface area contributed by atoms with Gasteiger partial charge in [0.05, 0.1) is 0 Å². The third kappa shape index (κ3) is 6.06. The van der Waals surface area contributed by atoms with Crippen molar-refractivity contribution in [1.82, 2.24) is 15.5 Å². The lowest BCUT2D eigenvalue weighted by Crippen LogP contribution is -2.39. The summed E-state index contributed by atoms with van der Waals surface area (Å²) in [6.07, 6.45) is 2.35. The van der Waals surface area contributed by atoms with Gasteiger partial charge in [0, 0.05) is 25.7 Å². The molecule has 1 aliphatic carbocycles. The fourth-order valence-electron chi connectivity index (χ4n) is 2.52. The van der Waals surface area contributed by atoms with Crippen molar-refractivity contribution < 1.29 is 0 Å². The van der Waals surface area contributed by atoms with E-state index in [4.69, 9.17) is 0 Å². The molecule has 122 valence electrons. The topological polar surface area (TPSA) is 39.7 Å². The molecule has 0 aromatic heterocycles. The summed E-state index contributed by atoms with van der Waals surface area (Å²) in [4.78, 5) is 7.03. The summed E-state index contributed by atoms with van der Waals surface area (Å²) in [6.45, 7) is 8.25. The maximum Gasteiger partial charge on any atom is 0.191 e. The van der Waals surface area contributed by atoms with E-state index in [0.29, 0.717) is 6.04 Å². The molecule has 1 saturated carbocycles. The third-order valence-electron chi connectivity index (χ3n) is 4.04. The molecule has 2 rings (SSSR count). The Morgan fingerprint density at radius 2 is 2.05 bits per heavy atom. The van der Waals surface area contributed by atoms with Crippen molar-refractivity contribution in [3.63, 3.8) is 0 Å². The van der Waals surface area contributed by atoms with E-state index in [1.54, 1.807) is 0 Å². The molecule has 1 aromatic rings. The first-order chi connectivity index (χ1) is 10.7. The predicted octanol–water partition coefficient (Wildman–Crippen LogP) is 2.47. The normalized spacial score (nSPS) is 21.0. The maximum absolute atomic E-state index is 4.67. The molecule has 1 aromatic carbocycles. The van der Waals surface area contributed by atoms with Crippen LogP contribution in [-0.4, -0.2) is 43.6 Å². The van der Waals surface area contributed by atoms with Crippen molar-refractivity contribution in [2.45, 2.75) is 39.3 Å². The zero-order valence-electron chi connectivity index (χ0n) is 14.2. The Morgan fingerprint density at radius 1 is 1.32 bits per heavy atom. The monoisotopic (exact) mass is 302 g/mol. The first-order valence-electron chi connectivity index (χ1n) is 8.46. The van der Waals surface area contributed by atoms with Gasteiger partial charge in [-0.3, -0.25) is 4.99 Å². The number of hydrogen-bond acceptors (Lipinski definition) is 2. The molecule has 0 bridgehead atoms. The molecule has 4 heteroatoms. The van der Waals surface area contributed by atoms with Crippen molar-refractivity contribution in [1.29, 1.82) is 0 Å². The van der Waals surface area contributed by atoms with Gasteiger partial charge in [-0.15, -0.1) is 0 Å². The minimum absolute atomic E-state index is 0.624. The molecule has 0 radical (unpaired) electrons. The van der Waals surface area contributed by atoms with Crippen LogP contribution in [0.5, 0.6) is 0 Å². The van der Waals surface area contributed by atoms with E-state index in [-0.39, 0.29) is 0 Å². The summed E-state index contributed by atoms with van der Waals surface area (Å²) in [6, 6.07) is 11.2. The van der Waals surface area contributed by atoms with E-state index < -0.39 is 0 Å². The van der Waals surface area contributed by atoms with Crippen LogP contribution in [0.4, 0.5) is 0 Å². The van der Waals surface area contributed by atoms with Crippen molar-refractivity contribution in [3.05, 3.63) is 35.9 Å². The van der Waals surface area contributed by atoms with E-state index in [2.05, 4.69) is 71.8 Å². The van der Waals surface area contributed by atoms with Crippen LogP contribution in [0.15, 0.2) is 35.3 Å². The average Bonchev–Trinajstić information content (AvgIpc) is 3.20. The van der Waals surface area contributed by atoms with Gasteiger partial charge in [-0.1, -0.05) is 37.3 Å². The fraction of sp³-hybridized carbons (Fsp3) is 0.611. The highest BCUT2D eigenvalue weighted by Gasteiger charge is 2.33. The summed E-state index contributed by atoms with van der Waals surface area (Å²) in [5.74, 6) is 1.77. The molecule has 22 heavy (non-hydrogen) atoms. The second-order valence-corrected chi connectivity index (χ2v) is 6.30. The van der Waals surface area contributed by atoms with Gasteiger partial charge in [0.1, 0.15) is 0 Å². The zero-order valence-corrected chi connectivity index (χ0v) is 14.2. The summed E-state index contributed by atoms with van der Waals surface area (Å²) in [5, 5.41) is 6.82. The predicted molar refractivity (Wildman–Crippen MR) is 94.1 cm³/mol. The first-order valence-corrected chi connectivity index (χ1v) is 8.46. The Balaban J connectivity index is 1.66. The molecule has 4 nitrogen and oxygen atoms in total. The van der Waals surface area contributed by atoms with E-state index in [1.807, 2.05) is 0 Å². The van der Waals surface area contributed by atoms with Crippen LogP contribution in [0.25, 0.3) is 0 Å². The fourth-order valence-corrected chi connectivity index (χ4v) is 2.52. The number of aliphatic imine (C=N–C) groups is 1. The molecule has 1 fully saturated rings. The zero-order chi connectivity index (χ0) is 15.8. The van der Waals surface area contributed by atoms with Crippen LogP contribution in [0.2, 0.25) is 0 Å². The molecule has 0 amide bonds. The van der Waals surface area contributed by atoms with Crippen molar-refractivity contribution in [3.8, 4) is 0 Å². The van der Waals surface area contributed by atoms with Crippen LogP contribution in [0.3, 0.4) is 0 Å². The highest BCUT2D eigenvalue weighted by atomic mass is 15.2. The van der Waals surface area contributed by atoms with Crippen LogP contribution in [-0.2, 0) is 6.54 Å². The van der Waals surface area contributed by atoms with Crippen molar-refractivity contribution in [2.75, 3.05) is 26.7 Å². The van der Waals surface area contributed by atoms with Crippen molar-refractivity contribution >= 4 is 5.96 Å². The van der Waals surface area contributed by atoms with Crippen LogP contribution in [0, 0.1) is 5.92 Å². The molecule has 0 heterocycles. The minimum Gasteiger partial charge on any atom is -0.357 e. The second kappa shape index (κ2) is 8.79. The van der Waals surface area contributed by atoms with E-state index in [0.717, 1.165) is 44.5 Å². The van der Waals surface area contributed by atoms with Crippen molar-refractivity contribution in [2.24, 2.45) is 10.9 Å². The summed E-state index contributed by atoms with van der Waals surface area (Å²) < 4.78 is 0. The summed E-state index contributed by atoms with van der Waals surface area (Å²) in [5.41, 5.74) is 1.37. The molecule has 0 saturated heterocycles. The molecule has 0 aliphatic heterocycles. The average molecular weight is 302 g/mol. The standard InChI is InChI=1S/C18H30N4/c1-4-19-18(21-17-13-15(17)2)20-11-8-12-22(3)14-16-9-6-5-7-10-16/h5-7,9-10,15,17H,4,8,11-14H2,1-3H3,(H2,19,20,21). The number of guanidine groups is 1. The largest absolute Gasteiger partial charge is 0.357 e. The lowest BCUT2D eigenvalue weighted by atomic mass is 10.2. The number of rotatable bonds is 8. The van der Waals surface area contributed by atoms with Gasteiger partial charge in [-0.2, -0.15) is 0 Å². The Hall–Kier alpha value is -1.55. The first kappa shape index (κ1) is 16.8. The number of nitrogens with one attached hydrogen (secondary N) is 2. The second-order valence-electron chi connectivity index (χ2n) is 6.30. The van der Waals surface area contributed by atoms with Crippen LogP contribution in [0.1, 0.15) is 32.3 Å². The number of benzene rings is 1. The summed E-state index contributed by atoms with van der Waals surface area (Å²) in [7, 11) is 2.17. The molecular weight excluding hydrogens is 272 g/mol. The molecule has 1 aliphatic rings. The Labute approximate surface area is 135 Å². The van der Waals surface area contributed by atoms with Gasteiger partial charge in [0.25, 0.3) is 0 Å². The smallest absolute Gasteiger partial charge is 0.191 e. The van der Waals surface area contributed by atoms with Gasteiger partial charge < -0.3 is 15.5 Å². The Bertz CT molecular complexity index is 457. The van der Waals surface area contributed by atoms with Gasteiger partial charge in [-0.05, 0) is 44.8 Å². The molecule has 0 spiro atoms. The van der Waals surface area contributed by atoms with Crippen LogP contribution >= 0.6 is 0 Å². The van der Waals surface area contributed by atoms with Gasteiger partial charge in [0.15, 0.2) is 5.96 Å². The Kier molecular flexibility index (Phi) is 6.72. The van der Waals surface area contributed by atoms with Crippen LogP contribution < -0.4 is 10.6 Å². The summed E-state index contributed by atoms with van der Waals surface area (Å²) >= 11 is 0. The Morgan fingerprint density at radius 3 is 2.68 bits per heavy atom. The van der Waals surface area contributed by atoms with Gasteiger partial charge >= 0.3 is 0 Å². The highest BCUT2D eigenvalue weighted by molar-refractivity contribution is 5.80. The molecule has 2 atom stereocenters. The molecule has 2 N–H and O–H groups in total. The number of hydrogen-bond donors (Lipinski definition) is 2.